The van der Waals surface area contributed by atoms with E-state index in [1.165, 1.54) is 12.1 Å². The third-order valence-electron chi connectivity index (χ3n) is 2.57. The largest absolute Gasteiger partial charge is 0.324 e. The van der Waals surface area contributed by atoms with Crippen molar-refractivity contribution in [2.75, 3.05) is 0 Å². The Kier molecular flexibility index (Phi) is 6.04. The van der Waals surface area contributed by atoms with Crippen LogP contribution in [0.4, 0.5) is 0 Å². The lowest BCUT2D eigenvalue weighted by molar-refractivity contribution is -0.0851. The second-order valence-corrected chi connectivity index (χ2v) is 8.86. The first kappa shape index (κ1) is 19.7. The van der Waals surface area contributed by atoms with E-state index < -0.39 is 30.0 Å². The van der Waals surface area contributed by atoms with Crippen LogP contribution >= 0.6 is 46.4 Å². The van der Waals surface area contributed by atoms with Crippen molar-refractivity contribution in [3.8, 4) is 0 Å². The summed E-state index contributed by atoms with van der Waals surface area (Å²) in [6, 6.07) is 6.50. The van der Waals surface area contributed by atoms with Crippen LogP contribution in [0.2, 0.25) is 20.1 Å². The summed E-state index contributed by atoms with van der Waals surface area (Å²) in [7, 11) is -9.13. The fourth-order valence-electron chi connectivity index (χ4n) is 1.42. The molecule has 0 radical (unpaired) electrons. The normalized spacial score (nSPS) is 12.3. The van der Waals surface area contributed by atoms with Crippen molar-refractivity contribution >= 4 is 66.6 Å². The molecule has 130 valence electrons. The topological polar surface area (TPSA) is 86.7 Å². The van der Waals surface area contributed by atoms with Gasteiger partial charge in [0.1, 0.15) is 0 Å². The third-order valence-corrected chi connectivity index (χ3v) is 6.29. The Labute approximate surface area is 158 Å². The molecule has 0 aliphatic carbocycles. The average molecular weight is 452 g/mol. The fourth-order valence-corrected chi connectivity index (χ4v) is 3.88. The molecule has 6 nitrogen and oxygen atoms in total. The molecule has 0 N–H and O–H groups in total. The van der Waals surface area contributed by atoms with Gasteiger partial charge in [-0.05, 0) is 36.4 Å². The van der Waals surface area contributed by atoms with Crippen LogP contribution in [0.5, 0.6) is 0 Å². The average Bonchev–Trinajstić information content (AvgIpc) is 2.51. The zero-order valence-corrected chi connectivity index (χ0v) is 15.9. The number of hydrogen-bond donors (Lipinski definition) is 0. The van der Waals surface area contributed by atoms with Gasteiger partial charge in [0.15, 0.2) is 0 Å². The molecule has 0 aliphatic heterocycles. The van der Waals surface area contributed by atoms with Crippen molar-refractivity contribution in [2.45, 2.75) is 9.79 Å². The lowest BCUT2D eigenvalue weighted by atomic mass is 10.4. The molecule has 2 aromatic rings. The summed E-state index contributed by atoms with van der Waals surface area (Å²) in [6.45, 7) is 0. The van der Waals surface area contributed by atoms with Gasteiger partial charge >= 0.3 is 20.2 Å². The first-order chi connectivity index (χ1) is 11.0. The van der Waals surface area contributed by atoms with E-state index in [9.17, 15) is 16.8 Å². The standard InChI is InChI=1S/C12H6Cl4O6S2/c13-9-3-1-7(5-11(9)15)23(17,18)21-22-24(19,20)8-2-4-10(14)12(16)6-8/h1-6H. The van der Waals surface area contributed by atoms with E-state index in [0.29, 0.717) is 0 Å². The molecule has 0 atom stereocenters. The lowest BCUT2D eigenvalue weighted by Gasteiger charge is -2.07. The van der Waals surface area contributed by atoms with Gasteiger partial charge in [-0.25, -0.2) is 0 Å². The molecule has 0 heterocycles. The Balaban J connectivity index is 2.24. The number of halogens is 4. The van der Waals surface area contributed by atoms with Crippen LogP contribution in [0.25, 0.3) is 0 Å². The van der Waals surface area contributed by atoms with E-state index in [2.05, 4.69) is 8.67 Å². The summed E-state index contributed by atoms with van der Waals surface area (Å²) in [4.78, 5) is -0.887. The van der Waals surface area contributed by atoms with Gasteiger partial charge in [0.2, 0.25) is 0 Å². The second-order valence-electron chi connectivity index (χ2n) is 4.20. The third kappa shape index (κ3) is 4.53. The van der Waals surface area contributed by atoms with Crippen molar-refractivity contribution in [1.29, 1.82) is 0 Å². The van der Waals surface area contributed by atoms with E-state index in [1.807, 2.05) is 0 Å². The molecule has 0 aromatic heterocycles. The molecule has 0 aliphatic rings. The van der Waals surface area contributed by atoms with Gasteiger partial charge in [-0.3, -0.25) is 0 Å². The van der Waals surface area contributed by atoms with E-state index >= 15 is 0 Å². The molecule has 2 rings (SSSR count). The van der Waals surface area contributed by atoms with Crippen LogP contribution in [-0.4, -0.2) is 16.8 Å². The van der Waals surface area contributed by atoms with Crippen LogP contribution in [0.3, 0.4) is 0 Å². The first-order valence-electron chi connectivity index (χ1n) is 5.81. The van der Waals surface area contributed by atoms with Crippen LogP contribution in [-0.2, 0) is 28.9 Å². The quantitative estimate of drug-likeness (QED) is 0.496. The van der Waals surface area contributed by atoms with Crippen LogP contribution in [0.1, 0.15) is 0 Å². The summed E-state index contributed by atoms with van der Waals surface area (Å²) < 4.78 is 55.9. The molecule has 0 spiro atoms. The van der Waals surface area contributed by atoms with Gasteiger partial charge in [-0.2, -0.15) is 16.8 Å². The molecule has 0 unspecified atom stereocenters. The van der Waals surface area contributed by atoms with Crippen LogP contribution < -0.4 is 0 Å². The van der Waals surface area contributed by atoms with Crippen LogP contribution in [0.15, 0.2) is 46.2 Å². The number of benzene rings is 2. The maximum Gasteiger partial charge on any atom is 0.324 e. The summed E-state index contributed by atoms with van der Waals surface area (Å²) >= 11 is 22.7. The minimum absolute atomic E-state index is 0.0614. The molecule has 0 saturated heterocycles. The van der Waals surface area contributed by atoms with Crippen molar-refractivity contribution in [3.05, 3.63) is 56.5 Å². The summed E-state index contributed by atoms with van der Waals surface area (Å²) in [5.41, 5.74) is 0. The Morgan fingerprint density at radius 3 is 1.21 bits per heavy atom. The van der Waals surface area contributed by atoms with Gasteiger partial charge in [0, 0.05) is 0 Å². The molecule has 24 heavy (non-hydrogen) atoms. The van der Waals surface area contributed by atoms with Crippen molar-refractivity contribution in [3.63, 3.8) is 0 Å². The van der Waals surface area contributed by atoms with Gasteiger partial charge < -0.3 is 0 Å². The molecule has 0 amide bonds. The van der Waals surface area contributed by atoms with E-state index in [4.69, 9.17) is 46.4 Å². The minimum Gasteiger partial charge on any atom is -0.192 e. The maximum atomic E-state index is 11.9. The summed E-state index contributed by atoms with van der Waals surface area (Å²) in [6.07, 6.45) is 0. The predicted octanol–water partition coefficient (Wildman–Crippen LogP) is 4.33. The predicted molar refractivity (Wildman–Crippen MR) is 89.5 cm³/mol. The second kappa shape index (κ2) is 7.35. The SMILES string of the molecule is O=S(=O)(OOS(=O)(=O)c1ccc(Cl)c(Cl)c1)c1ccc(Cl)c(Cl)c1. The van der Waals surface area contributed by atoms with Crippen LogP contribution in [0, 0.1) is 0 Å². The highest BCUT2D eigenvalue weighted by Gasteiger charge is 2.25. The van der Waals surface area contributed by atoms with Gasteiger partial charge in [0.25, 0.3) is 0 Å². The molecule has 2 aromatic carbocycles. The van der Waals surface area contributed by atoms with Gasteiger partial charge in [-0.15, -0.1) is 0 Å². The van der Waals surface area contributed by atoms with E-state index in [-0.39, 0.29) is 20.1 Å². The number of hydrogen-bond acceptors (Lipinski definition) is 6. The molecule has 0 bridgehead atoms. The Bertz CT molecular complexity index is 907. The monoisotopic (exact) mass is 450 g/mol. The molecule has 0 saturated carbocycles. The highest BCUT2D eigenvalue weighted by atomic mass is 35.5. The zero-order chi connectivity index (χ0) is 18.1. The Morgan fingerprint density at radius 1 is 0.583 bits per heavy atom. The summed E-state index contributed by atoms with van der Waals surface area (Å²) in [5, 5.41) is 0.0993. The fraction of sp³-hybridized carbons (Fsp3) is 0. The van der Waals surface area contributed by atoms with Gasteiger partial charge in [0.05, 0.1) is 29.9 Å². The highest BCUT2D eigenvalue weighted by molar-refractivity contribution is 7.89. The Hall–Kier alpha value is -0.580. The molecule has 12 heteroatoms. The zero-order valence-electron chi connectivity index (χ0n) is 11.2. The van der Waals surface area contributed by atoms with E-state index in [0.717, 1.165) is 24.3 Å². The summed E-state index contributed by atoms with van der Waals surface area (Å²) in [5.74, 6) is 0. The number of rotatable bonds is 5. The Morgan fingerprint density at radius 2 is 0.917 bits per heavy atom. The first-order valence-corrected chi connectivity index (χ1v) is 10.1. The highest BCUT2D eigenvalue weighted by Crippen LogP contribution is 2.28. The maximum absolute atomic E-state index is 11.9. The van der Waals surface area contributed by atoms with Gasteiger partial charge in [-0.1, -0.05) is 55.1 Å². The molecule has 0 fully saturated rings. The van der Waals surface area contributed by atoms with E-state index in [1.54, 1.807) is 0 Å². The van der Waals surface area contributed by atoms with Crippen molar-refractivity contribution in [2.24, 2.45) is 0 Å². The smallest absolute Gasteiger partial charge is 0.192 e. The lowest BCUT2D eigenvalue weighted by Crippen LogP contribution is -2.13. The van der Waals surface area contributed by atoms with Crippen molar-refractivity contribution in [1.82, 2.24) is 0 Å². The minimum atomic E-state index is -4.56. The molecular weight excluding hydrogens is 446 g/mol. The van der Waals surface area contributed by atoms with Crippen molar-refractivity contribution < 1.29 is 25.5 Å². The molecular formula is C12H6Cl4O6S2.